The summed E-state index contributed by atoms with van der Waals surface area (Å²) in [6.07, 6.45) is -2.71. The molecule has 0 bridgehead atoms. The molecular weight excluding hydrogens is 317 g/mol. The lowest BCUT2D eigenvalue weighted by Crippen LogP contribution is -2.13. The van der Waals surface area contributed by atoms with Crippen molar-refractivity contribution in [3.63, 3.8) is 0 Å². The maximum absolute atomic E-state index is 13.3. The standard InChI is InChI=1S/C18H15F3N2O/c19-18(20,21)17-22-16(14-4-2-1-3-5-14)12-23(17)15-8-6-13(7-9-15)10-11-24/h1-9,12,24H,10-11H2. The quantitative estimate of drug-likeness (QED) is 0.781. The van der Waals surface area contributed by atoms with Crippen molar-refractivity contribution < 1.29 is 18.3 Å². The topological polar surface area (TPSA) is 38.0 Å². The Balaban J connectivity index is 2.07. The molecule has 0 unspecified atom stereocenters. The van der Waals surface area contributed by atoms with Crippen LogP contribution in [0.15, 0.2) is 60.8 Å². The van der Waals surface area contributed by atoms with Crippen LogP contribution in [0.4, 0.5) is 13.2 Å². The van der Waals surface area contributed by atoms with E-state index in [1.54, 1.807) is 54.6 Å². The van der Waals surface area contributed by atoms with Gasteiger partial charge in [-0.15, -0.1) is 0 Å². The van der Waals surface area contributed by atoms with Gasteiger partial charge in [-0.1, -0.05) is 42.5 Å². The van der Waals surface area contributed by atoms with Crippen LogP contribution < -0.4 is 0 Å². The summed E-state index contributed by atoms with van der Waals surface area (Å²) in [4.78, 5) is 3.78. The van der Waals surface area contributed by atoms with E-state index >= 15 is 0 Å². The lowest BCUT2D eigenvalue weighted by Gasteiger charge is -2.10. The van der Waals surface area contributed by atoms with E-state index in [0.29, 0.717) is 17.7 Å². The predicted octanol–water partition coefficient (Wildman–Crippen LogP) is 4.09. The normalized spacial score (nSPS) is 11.7. The van der Waals surface area contributed by atoms with E-state index in [1.165, 1.54) is 6.20 Å². The molecular formula is C18H15F3N2O. The summed E-state index contributed by atoms with van der Waals surface area (Å²) in [5.41, 5.74) is 2.12. The Kier molecular flexibility index (Phi) is 4.40. The van der Waals surface area contributed by atoms with Crippen molar-refractivity contribution in [3.05, 3.63) is 72.2 Å². The summed E-state index contributed by atoms with van der Waals surface area (Å²) in [5, 5.41) is 8.92. The second-order valence-electron chi connectivity index (χ2n) is 5.32. The van der Waals surface area contributed by atoms with Crippen LogP contribution in [-0.2, 0) is 12.6 Å². The molecule has 124 valence electrons. The molecule has 0 aliphatic heterocycles. The van der Waals surface area contributed by atoms with E-state index in [2.05, 4.69) is 4.98 Å². The van der Waals surface area contributed by atoms with Gasteiger partial charge < -0.3 is 5.11 Å². The molecule has 0 fully saturated rings. The minimum atomic E-state index is -4.56. The first-order chi connectivity index (χ1) is 11.5. The van der Waals surface area contributed by atoms with Gasteiger partial charge in [0.1, 0.15) is 0 Å². The van der Waals surface area contributed by atoms with Crippen molar-refractivity contribution in [3.8, 4) is 16.9 Å². The third-order valence-electron chi connectivity index (χ3n) is 3.64. The number of nitrogens with zero attached hydrogens (tertiary/aromatic N) is 2. The minimum Gasteiger partial charge on any atom is -0.396 e. The highest BCUT2D eigenvalue weighted by Crippen LogP contribution is 2.33. The fraction of sp³-hybridized carbons (Fsp3) is 0.167. The van der Waals surface area contributed by atoms with Crippen LogP contribution in [0.2, 0.25) is 0 Å². The fourth-order valence-corrected chi connectivity index (χ4v) is 2.48. The Morgan fingerprint density at radius 3 is 2.21 bits per heavy atom. The highest BCUT2D eigenvalue weighted by Gasteiger charge is 2.37. The lowest BCUT2D eigenvalue weighted by atomic mass is 10.1. The van der Waals surface area contributed by atoms with Crippen molar-refractivity contribution in [2.75, 3.05) is 6.61 Å². The van der Waals surface area contributed by atoms with Crippen LogP contribution in [0, 0.1) is 0 Å². The molecule has 0 aliphatic carbocycles. The molecule has 0 amide bonds. The van der Waals surface area contributed by atoms with E-state index < -0.39 is 12.0 Å². The first kappa shape index (κ1) is 16.3. The Hall–Kier alpha value is -2.60. The van der Waals surface area contributed by atoms with Crippen LogP contribution >= 0.6 is 0 Å². The van der Waals surface area contributed by atoms with Crippen molar-refractivity contribution in [1.29, 1.82) is 0 Å². The molecule has 6 heteroatoms. The highest BCUT2D eigenvalue weighted by atomic mass is 19.4. The van der Waals surface area contributed by atoms with Gasteiger partial charge in [0.15, 0.2) is 0 Å². The number of halogens is 3. The molecule has 0 radical (unpaired) electrons. The van der Waals surface area contributed by atoms with E-state index in [1.807, 2.05) is 0 Å². The maximum Gasteiger partial charge on any atom is 0.450 e. The van der Waals surface area contributed by atoms with Crippen molar-refractivity contribution in [2.45, 2.75) is 12.6 Å². The number of aliphatic hydroxyl groups is 1. The predicted molar refractivity (Wildman–Crippen MR) is 84.8 cm³/mol. The smallest absolute Gasteiger partial charge is 0.396 e. The summed E-state index contributed by atoms with van der Waals surface area (Å²) in [5.74, 6) is -0.962. The summed E-state index contributed by atoms with van der Waals surface area (Å²) >= 11 is 0. The van der Waals surface area contributed by atoms with Gasteiger partial charge in [-0.25, -0.2) is 4.98 Å². The molecule has 1 heterocycles. The average Bonchev–Trinajstić information content (AvgIpc) is 3.02. The molecule has 1 aromatic heterocycles. The van der Waals surface area contributed by atoms with E-state index in [9.17, 15) is 13.2 Å². The Morgan fingerprint density at radius 1 is 0.958 bits per heavy atom. The van der Waals surface area contributed by atoms with Crippen molar-refractivity contribution >= 4 is 0 Å². The van der Waals surface area contributed by atoms with Crippen LogP contribution in [0.3, 0.4) is 0 Å². The number of aliphatic hydroxyl groups excluding tert-OH is 1. The van der Waals surface area contributed by atoms with Crippen LogP contribution in [0.1, 0.15) is 11.4 Å². The maximum atomic E-state index is 13.3. The molecule has 3 aromatic rings. The first-order valence-electron chi connectivity index (χ1n) is 7.41. The van der Waals surface area contributed by atoms with Gasteiger partial charge in [0, 0.05) is 24.1 Å². The molecule has 0 saturated carbocycles. The number of imidazole rings is 1. The SMILES string of the molecule is OCCc1ccc(-n2cc(-c3ccccc3)nc2C(F)(F)F)cc1. The molecule has 0 atom stereocenters. The van der Waals surface area contributed by atoms with Crippen molar-refractivity contribution in [2.24, 2.45) is 0 Å². The van der Waals surface area contributed by atoms with Crippen molar-refractivity contribution in [1.82, 2.24) is 9.55 Å². The number of aromatic nitrogens is 2. The highest BCUT2D eigenvalue weighted by molar-refractivity contribution is 5.59. The van der Waals surface area contributed by atoms with E-state index in [4.69, 9.17) is 5.11 Å². The zero-order valence-electron chi connectivity index (χ0n) is 12.7. The number of hydrogen-bond donors (Lipinski definition) is 1. The molecule has 1 N–H and O–H groups in total. The van der Waals surface area contributed by atoms with E-state index in [-0.39, 0.29) is 12.3 Å². The molecule has 3 rings (SSSR count). The van der Waals surface area contributed by atoms with Gasteiger partial charge in [0.25, 0.3) is 0 Å². The second kappa shape index (κ2) is 6.49. The molecule has 0 saturated heterocycles. The molecule has 24 heavy (non-hydrogen) atoms. The monoisotopic (exact) mass is 332 g/mol. The van der Waals surface area contributed by atoms with Crippen LogP contribution in [-0.4, -0.2) is 21.3 Å². The summed E-state index contributed by atoms with van der Waals surface area (Å²) in [6, 6.07) is 15.3. The Morgan fingerprint density at radius 2 is 1.62 bits per heavy atom. The third kappa shape index (κ3) is 3.33. The summed E-state index contributed by atoms with van der Waals surface area (Å²) in [6.45, 7) is -0.00359. The summed E-state index contributed by atoms with van der Waals surface area (Å²) in [7, 11) is 0. The number of rotatable bonds is 4. The Labute approximate surface area is 137 Å². The molecule has 0 spiro atoms. The van der Waals surface area contributed by atoms with Crippen LogP contribution in [0.25, 0.3) is 16.9 Å². The second-order valence-corrected chi connectivity index (χ2v) is 5.32. The average molecular weight is 332 g/mol. The molecule has 2 aromatic carbocycles. The van der Waals surface area contributed by atoms with Gasteiger partial charge in [-0.2, -0.15) is 13.2 Å². The molecule has 0 aliphatic rings. The fourth-order valence-electron chi connectivity index (χ4n) is 2.48. The van der Waals surface area contributed by atoms with Gasteiger partial charge in [0.2, 0.25) is 5.82 Å². The minimum absolute atomic E-state index is 0.00359. The third-order valence-corrected chi connectivity index (χ3v) is 3.64. The van der Waals surface area contributed by atoms with Gasteiger partial charge in [-0.3, -0.25) is 4.57 Å². The lowest BCUT2D eigenvalue weighted by molar-refractivity contribution is -0.145. The summed E-state index contributed by atoms with van der Waals surface area (Å²) < 4.78 is 41.1. The Bertz CT molecular complexity index is 809. The van der Waals surface area contributed by atoms with Gasteiger partial charge in [-0.05, 0) is 24.1 Å². The zero-order chi connectivity index (χ0) is 17.2. The number of benzene rings is 2. The van der Waals surface area contributed by atoms with Gasteiger partial charge >= 0.3 is 6.18 Å². The largest absolute Gasteiger partial charge is 0.450 e. The van der Waals surface area contributed by atoms with Gasteiger partial charge in [0.05, 0.1) is 5.69 Å². The molecule has 3 nitrogen and oxygen atoms in total. The number of hydrogen-bond acceptors (Lipinski definition) is 2. The zero-order valence-corrected chi connectivity index (χ0v) is 12.7. The van der Waals surface area contributed by atoms with E-state index in [0.717, 1.165) is 10.1 Å². The number of alkyl halides is 3. The van der Waals surface area contributed by atoms with Crippen LogP contribution in [0.5, 0.6) is 0 Å². The first-order valence-corrected chi connectivity index (χ1v) is 7.41.